The molecule has 1 saturated carbocycles. The van der Waals surface area contributed by atoms with Crippen LogP contribution in [0.5, 0.6) is 0 Å². The van der Waals surface area contributed by atoms with Crippen molar-refractivity contribution >= 4 is 11.6 Å². The molecule has 2 aromatic rings. The maximum atomic E-state index is 12.3. The van der Waals surface area contributed by atoms with Gasteiger partial charge in [-0.2, -0.15) is 0 Å². The number of carbonyl (C=O) groups excluding carboxylic acids is 1. The van der Waals surface area contributed by atoms with E-state index in [1.807, 2.05) is 53.4 Å². The number of rotatable bonds is 3. The highest BCUT2D eigenvalue weighted by molar-refractivity contribution is 5.98. The van der Waals surface area contributed by atoms with Crippen molar-refractivity contribution < 1.29 is 4.79 Å². The molecular formula is C16H19N3O. The summed E-state index contributed by atoms with van der Waals surface area (Å²) in [5.41, 5.74) is 7.28. The van der Waals surface area contributed by atoms with Gasteiger partial charge in [0.05, 0.1) is 5.54 Å². The maximum absolute atomic E-state index is 12.3. The van der Waals surface area contributed by atoms with Crippen molar-refractivity contribution in [3.8, 4) is 5.69 Å². The van der Waals surface area contributed by atoms with Gasteiger partial charge in [-0.1, -0.05) is 18.9 Å². The summed E-state index contributed by atoms with van der Waals surface area (Å²) in [5.74, 6) is -0.0698. The molecule has 104 valence electrons. The second kappa shape index (κ2) is 5.13. The van der Waals surface area contributed by atoms with Gasteiger partial charge in [-0.05, 0) is 43.2 Å². The topological polar surface area (TPSA) is 60.1 Å². The van der Waals surface area contributed by atoms with Crippen LogP contribution in [0.15, 0.2) is 48.8 Å². The van der Waals surface area contributed by atoms with Gasteiger partial charge in [0.25, 0.3) is 0 Å². The van der Waals surface area contributed by atoms with Gasteiger partial charge in [0.2, 0.25) is 5.91 Å². The normalized spacial score (nSPS) is 17.1. The molecule has 0 radical (unpaired) electrons. The van der Waals surface area contributed by atoms with E-state index in [0.29, 0.717) is 0 Å². The molecule has 1 amide bonds. The van der Waals surface area contributed by atoms with Gasteiger partial charge in [-0.3, -0.25) is 4.79 Å². The molecule has 1 aromatic carbocycles. The Kier molecular flexibility index (Phi) is 3.32. The molecule has 0 unspecified atom stereocenters. The Morgan fingerprint density at radius 1 is 1.15 bits per heavy atom. The Hall–Kier alpha value is -2.07. The molecule has 1 aliphatic rings. The molecule has 0 spiro atoms. The Morgan fingerprint density at radius 3 is 2.55 bits per heavy atom. The van der Waals surface area contributed by atoms with E-state index >= 15 is 0 Å². The van der Waals surface area contributed by atoms with Crippen LogP contribution < -0.4 is 11.1 Å². The molecule has 1 aromatic heterocycles. The first-order chi connectivity index (χ1) is 9.67. The zero-order valence-electron chi connectivity index (χ0n) is 11.4. The largest absolute Gasteiger partial charge is 0.324 e. The van der Waals surface area contributed by atoms with E-state index in [-0.39, 0.29) is 5.91 Å². The first kappa shape index (κ1) is 12.9. The number of anilines is 1. The van der Waals surface area contributed by atoms with Gasteiger partial charge in [-0.25, -0.2) is 0 Å². The lowest BCUT2D eigenvalue weighted by Crippen LogP contribution is -2.48. The van der Waals surface area contributed by atoms with Gasteiger partial charge in [0, 0.05) is 23.8 Å². The Balaban J connectivity index is 1.78. The third-order valence-corrected chi connectivity index (χ3v) is 3.95. The van der Waals surface area contributed by atoms with E-state index in [4.69, 9.17) is 5.73 Å². The predicted molar refractivity (Wildman–Crippen MR) is 79.8 cm³/mol. The molecule has 1 fully saturated rings. The summed E-state index contributed by atoms with van der Waals surface area (Å²) < 4.78 is 2.00. The Bertz CT molecular complexity index is 598. The van der Waals surface area contributed by atoms with Crippen LogP contribution in [0.1, 0.15) is 25.7 Å². The van der Waals surface area contributed by atoms with Crippen molar-refractivity contribution in [1.82, 2.24) is 4.57 Å². The Morgan fingerprint density at radius 2 is 1.85 bits per heavy atom. The number of nitrogens with zero attached hydrogens (tertiary/aromatic N) is 1. The van der Waals surface area contributed by atoms with E-state index in [1.165, 1.54) is 0 Å². The monoisotopic (exact) mass is 269 g/mol. The van der Waals surface area contributed by atoms with Crippen molar-refractivity contribution in [2.24, 2.45) is 5.73 Å². The fourth-order valence-corrected chi connectivity index (χ4v) is 2.74. The molecule has 0 saturated heterocycles. The van der Waals surface area contributed by atoms with Crippen LogP contribution in [0, 0.1) is 0 Å². The minimum absolute atomic E-state index is 0.0698. The van der Waals surface area contributed by atoms with Crippen molar-refractivity contribution in [1.29, 1.82) is 0 Å². The van der Waals surface area contributed by atoms with Crippen molar-refractivity contribution in [3.63, 3.8) is 0 Å². The first-order valence-corrected chi connectivity index (χ1v) is 7.01. The van der Waals surface area contributed by atoms with E-state index in [2.05, 4.69) is 5.32 Å². The zero-order chi connectivity index (χ0) is 14.0. The van der Waals surface area contributed by atoms with Gasteiger partial charge in [0.1, 0.15) is 0 Å². The number of benzene rings is 1. The average Bonchev–Trinajstić information content (AvgIpc) is 3.11. The van der Waals surface area contributed by atoms with Crippen molar-refractivity contribution in [2.45, 2.75) is 31.2 Å². The summed E-state index contributed by atoms with van der Waals surface area (Å²) in [6.07, 6.45) is 7.57. The highest BCUT2D eigenvalue weighted by atomic mass is 16.2. The average molecular weight is 269 g/mol. The molecule has 1 heterocycles. The third kappa shape index (κ3) is 2.47. The molecule has 3 rings (SSSR count). The maximum Gasteiger partial charge on any atom is 0.244 e. The number of carbonyl (C=O) groups is 1. The second-order valence-electron chi connectivity index (χ2n) is 5.46. The summed E-state index contributed by atoms with van der Waals surface area (Å²) in [4.78, 5) is 12.3. The molecule has 20 heavy (non-hydrogen) atoms. The minimum Gasteiger partial charge on any atom is -0.324 e. The van der Waals surface area contributed by atoms with Crippen LogP contribution >= 0.6 is 0 Å². The molecule has 1 aliphatic carbocycles. The van der Waals surface area contributed by atoms with Crippen LogP contribution in [-0.2, 0) is 4.79 Å². The fourth-order valence-electron chi connectivity index (χ4n) is 2.74. The SMILES string of the molecule is NC1(C(=O)Nc2cccc(-n3cccc3)c2)CCCC1. The van der Waals surface area contributed by atoms with Crippen LogP contribution in [-0.4, -0.2) is 16.0 Å². The summed E-state index contributed by atoms with van der Waals surface area (Å²) >= 11 is 0. The zero-order valence-corrected chi connectivity index (χ0v) is 11.4. The number of aromatic nitrogens is 1. The quantitative estimate of drug-likeness (QED) is 0.900. The Labute approximate surface area is 118 Å². The van der Waals surface area contributed by atoms with Crippen LogP contribution in [0.3, 0.4) is 0 Å². The van der Waals surface area contributed by atoms with Gasteiger partial charge in [0.15, 0.2) is 0 Å². The minimum atomic E-state index is -0.691. The summed E-state index contributed by atoms with van der Waals surface area (Å²) in [5, 5.41) is 2.95. The smallest absolute Gasteiger partial charge is 0.244 e. The van der Waals surface area contributed by atoms with Crippen LogP contribution in [0.2, 0.25) is 0 Å². The van der Waals surface area contributed by atoms with Gasteiger partial charge in [-0.15, -0.1) is 0 Å². The second-order valence-corrected chi connectivity index (χ2v) is 5.46. The van der Waals surface area contributed by atoms with Gasteiger partial charge >= 0.3 is 0 Å². The van der Waals surface area contributed by atoms with Crippen molar-refractivity contribution in [3.05, 3.63) is 48.8 Å². The number of nitrogens with two attached hydrogens (primary N) is 1. The molecule has 0 bridgehead atoms. The molecule has 4 heteroatoms. The van der Waals surface area contributed by atoms with Crippen LogP contribution in [0.25, 0.3) is 5.69 Å². The highest BCUT2D eigenvalue weighted by Crippen LogP contribution is 2.28. The van der Waals surface area contributed by atoms with E-state index < -0.39 is 5.54 Å². The molecule has 3 N–H and O–H groups in total. The van der Waals surface area contributed by atoms with Gasteiger partial charge < -0.3 is 15.6 Å². The molecule has 0 atom stereocenters. The lowest BCUT2D eigenvalue weighted by Gasteiger charge is -2.22. The van der Waals surface area contributed by atoms with E-state index in [9.17, 15) is 4.79 Å². The number of hydrogen-bond donors (Lipinski definition) is 2. The van der Waals surface area contributed by atoms with Crippen LogP contribution in [0.4, 0.5) is 5.69 Å². The highest BCUT2D eigenvalue weighted by Gasteiger charge is 2.36. The fraction of sp³-hybridized carbons (Fsp3) is 0.312. The standard InChI is InChI=1S/C16H19N3O/c17-16(8-1-2-9-16)15(20)18-13-6-5-7-14(12-13)19-10-3-4-11-19/h3-7,10-12H,1-2,8-9,17H2,(H,18,20). The lowest BCUT2D eigenvalue weighted by atomic mass is 9.98. The van der Waals surface area contributed by atoms with Crippen molar-refractivity contribution in [2.75, 3.05) is 5.32 Å². The summed E-state index contributed by atoms with van der Waals surface area (Å²) in [7, 11) is 0. The first-order valence-electron chi connectivity index (χ1n) is 7.01. The number of nitrogens with one attached hydrogen (secondary N) is 1. The van der Waals surface area contributed by atoms with E-state index in [1.54, 1.807) is 0 Å². The third-order valence-electron chi connectivity index (χ3n) is 3.95. The molecule has 4 nitrogen and oxygen atoms in total. The molecule has 0 aliphatic heterocycles. The summed E-state index contributed by atoms with van der Waals surface area (Å²) in [6, 6.07) is 11.7. The lowest BCUT2D eigenvalue weighted by molar-refractivity contribution is -0.121. The van der Waals surface area contributed by atoms with E-state index in [0.717, 1.165) is 37.1 Å². The number of amides is 1. The predicted octanol–water partition coefficient (Wildman–Crippen LogP) is 2.69. The number of hydrogen-bond acceptors (Lipinski definition) is 2. The molecular weight excluding hydrogens is 250 g/mol. The summed E-state index contributed by atoms with van der Waals surface area (Å²) in [6.45, 7) is 0.